The Kier molecular flexibility index (Phi) is 3.60. The third-order valence-corrected chi connectivity index (χ3v) is 4.52. The monoisotopic (exact) mass is 301 g/mol. The predicted octanol–water partition coefficient (Wildman–Crippen LogP) is 3.59. The van der Waals surface area contributed by atoms with Crippen LogP contribution in [0, 0.1) is 5.82 Å². The highest BCUT2D eigenvalue weighted by molar-refractivity contribution is 9.09. The van der Waals surface area contributed by atoms with Gasteiger partial charge in [0.25, 0.3) is 0 Å². The Balaban J connectivity index is 2.35. The van der Waals surface area contributed by atoms with Crippen LogP contribution in [-0.2, 0) is 0 Å². The molecule has 0 spiro atoms. The molecule has 1 atom stereocenters. The van der Waals surface area contributed by atoms with Gasteiger partial charge in [-0.15, -0.1) is 10.2 Å². The van der Waals surface area contributed by atoms with Crippen LogP contribution < -0.4 is 0 Å². The van der Waals surface area contributed by atoms with E-state index in [4.69, 9.17) is 0 Å². The third-order valence-electron chi connectivity index (χ3n) is 2.07. The SMILES string of the molecule is CCC(Br)c1nnc(-c2ccncc2F)s1. The van der Waals surface area contributed by atoms with Gasteiger partial charge in [-0.05, 0) is 12.5 Å². The molecule has 16 heavy (non-hydrogen) atoms. The molecule has 0 aliphatic rings. The molecule has 2 heterocycles. The van der Waals surface area contributed by atoms with Crippen molar-refractivity contribution in [2.75, 3.05) is 0 Å². The number of nitrogens with zero attached hydrogens (tertiary/aromatic N) is 3. The van der Waals surface area contributed by atoms with Gasteiger partial charge in [0, 0.05) is 6.20 Å². The number of halogens is 2. The van der Waals surface area contributed by atoms with Crippen molar-refractivity contribution in [2.45, 2.75) is 18.2 Å². The first-order valence-corrected chi connectivity index (χ1v) is 6.53. The molecule has 2 aromatic heterocycles. The topological polar surface area (TPSA) is 38.7 Å². The summed E-state index contributed by atoms with van der Waals surface area (Å²) in [6.07, 6.45) is 3.65. The van der Waals surface area contributed by atoms with Crippen LogP contribution in [0.25, 0.3) is 10.6 Å². The first-order valence-electron chi connectivity index (χ1n) is 4.79. The Labute approximate surface area is 105 Å². The van der Waals surface area contributed by atoms with Gasteiger partial charge in [0.15, 0.2) is 10.8 Å². The van der Waals surface area contributed by atoms with Crippen molar-refractivity contribution in [3.63, 3.8) is 0 Å². The molecule has 0 N–H and O–H groups in total. The number of alkyl halides is 1. The minimum Gasteiger partial charge on any atom is -0.262 e. The highest BCUT2D eigenvalue weighted by atomic mass is 79.9. The largest absolute Gasteiger partial charge is 0.262 e. The molecule has 1 unspecified atom stereocenters. The summed E-state index contributed by atoms with van der Waals surface area (Å²) in [5, 5.41) is 9.49. The summed E-state index contributed by atoms with van der Waals surface area (Å²) in [7, 11) is 0. The highest BCUT2D eigenvalue weighted by Crippen LogP contribution is 2.33. The fourth-order valence-electron chi connectivity index (χ4n) is 1.19. The minimum absolute atomic E-state index is 0.184. The van der Waals surface area contributed by atoms with Gasteiger partial charge in [-0.2, -0.15) is 0 Å². The van der Waals surface area contributed by atoms with Crippen LogP contribution in [-0.4, -0.2) is 15.2 Å². The molecule has 0 saturated carbocycles. The van der Waals surface area contributed by atoms with Gasteiger partial charge in [0.05, 0.1) is 16.6 Å². The van der Waals surface area contributed by atoms with Gasteiger partial charge in [-0.1, -0.05) is 34.2 Å². The van der Waals surface area contributed by atoms with E-state index in [-0.39, 0.29) is 10.6 Å². The van der Waals surface area contributed by atoms with E-state index >= 15 is 0 Å². The van der Waals surface area contributed by atoms with Gasteiger partial charge >= 0.3 is 0 Å². The molecular weight excluding hydrogens is 293 g/mol. The van der Waals surface area contributed by atoms with E-state index in [0.29, 0.717) is 10.6 Å². The average molecular weight is 302 g/mol. The number of rotatable bonds is 3. The van der Waals surface area contributed by atoms with Crippen LogP contribution in [0.4, 0.5) is 4.39 Å². The molecule has 0 aliphatic heterocycles. The fourth-order valence-corrected chi connectivity index (χ4v) is 2.50. The van der Waals surface area contributed by atoms with E-state index in [0.717, 1.165) is 11.4 Å². The molecule has 0 amide bonds. The Morgan fingerprint density at radius 2 is 2.31 bits per heavy atom. The van der Waals surface area contributed by atoms with Crippen molar-refractivity contribution in [1.29, 1.82) is 0 Å². The van der Waals surface area contributed by atoms with Crippen molar-refractivity contribution < 1.29 is 4.39 Å². The molecule has 0 aromatic carbocycles. The summed E-state index contributed by atoms with van der Waals surface area (Å²) in [4.78, 5) is 3.88. The molecular formula is C10H9BrFN3S. The van der Waals surface area contributed by atoms with E-state index < -0.39 is 0 Å². The Morgan fingerprint density at radius 1 is 1.50 bits per heavy atom. The lowest BCUT2D eigenvalue weighted by atomic mass is 10.3. The molecule has 2 rings (SSSR count). The first-order chi connectivity index (χ1) is 7.72. The van der Waals surface area contributed by atoms with Gasteiger partial charge < -0.3 is 0 Å². The summed E-state index contributed by atoms with van der Waals surface area (Å²) in [6.45, 7) is 2.05. The lowest BCUT2D eigenvalue weighted by molar-refractivity contribution is 0.624. The smallest absolute Gasteiger partial charge is 0.151 e. The van der Waals surface area contributed by atoms with Crippen LogP contribution >= 0.6 is 27.3 Å². The van der Waals surface area contributed by atoms with Gasteiger partial charge in [-0.25, -0.2) is 4.39 Å². The lowest BCUT2D eigenvalue weighted by Gasteiger charge is -1.98. The first kappa shape index (κ1) is 11.6. The van der Waals surface area contributed by atoms with E-state index in [1.54, 1.807) is 12.3 Å². The second-order valence-corrected chi connectivity index (χ2v) is 5.29. The fraction of sp³-hybridized carbons (Fsp3) is 0.300. The predicted molar refractivity (Wildman–Crippen MR) is 65.1 cm³/mol. The number of aromatic nitrogens is 3. The van der Waals surface area contributed by atoms with Gasteiger partial charge in [-0.3, -0.25) is 4.98 Å². The zero-order chi connectivity index (χ0) is 11.5. The maximum Gasteiger partial charge on any atom is 0.151 e. The summed E-state index contributed by atoms with van der Waals surface area (Å²) in [5.74, 6) is -0.368. The number of hydrogen-bond acceptors (Lipinski definition) is 4. The summed E-state index contributed by atoms with van der Waals surface area (Å²) < 4.78 is 13.4. The normalized spacial score (nSPS) is 12.7. The molecule has 0 aliphatic carbocycles. The van der Waals surface area contributed by atoms with Crippen molar-refractivity contribution in [3.05, 3.63) is 29.3 Å². The van der Waals surface area contributed by atoms with Gasteiger partial charge in [0.2, 0.25) is 0 Å². The third kappa shape index (κ3) is 2.27. The Hall–Kier alpha value is -0.880. The molecule has 0 radical (unpaired) electrons. The number of hydrogen-bond donors (Lipinski definition) is 0. The van der Waals surface area contributed by atoms with Crippen molar-refractivity contribution in [3.8, 4) is 10.6 Å². The zero-order valence-electron chi connectivity index (χ0n) is 8.52. The van der Waals surface area contributed by atoms with Crippen LogP contribution in [0.2, 0.25) is 0 Å². The second kappa shape index (κ2) is 4.97. The van der Waals surface area contributed by atoms with E-state index in [1.807, 2.05) is 6.92 Å². The highest BCUT2D eigenvalue weighted by Gasteiger charge is 2.14. The van der Waals surface area contributed by atoms with Crippen molar-refractivity contribution in [1.82, 2.24) is 15.2 Å². The molecule has 6 heteroatoms. The summed E-state index contributed by atoms with van der Waals surface area (Å²) in [6, 6.07) is 1.61. The standard InChI is InChI=1S/C10H9BrFN3S/c1-2-7(11)10-15-14-9(16-10)6-3-4-13-5-8(6)12/h3-5,7H,2H2,1H3. The van der Waals surface area contributed by atoms with E-state index in [2.05, 4.69) is 31.1 Å². The van der Waals surface area contributed by atoms with Crippen LogP contribution in [0.5, 0.6) is 0 Å². The van der Waals surface area contributed by atoms with E-state index in [9.17, 15) is 4.39 Å². The second-order valence-electron chi connectivity index (χ2n) is 3.18. The Morgan fingerprint density at radius 3 is 3.00 bits per heavy atom. The molecule has 0 saturated heterocycles. The van der Waals surface area contributed by atoms with Gasteiger partial charge in [0.1, 0.15) is 5.01 Å². The van der Waals surface area contributed by atoms with Crippen molar-refractivity contribution in [2.24, 2.45) is 0 Å². The molecule has 2 aromatic rings. The number of pyridine rings is 1. The summed E-state index contributed by atoms with van der Waals surface area (Å²) in [5.41, 5.74) is 0.453. The maximum absolute atomic E-state index is 13.4. The van der Waals surface area contributed by atoms with Crippen molar-refractivity contribution >= 4 is 27.3 Å². The quantitative estimate of drug-likeness (QED) is 0.813. The summed E-state index contributed by atoms with van der Waals surface area (Å²) >= 11 is 4.89. The van der Waals surface area contributed by atoms with Crippen LogP contribution in [0.1, 0.15) is 23.2 Å². The molecule has 0 fully saturated rings. The average Bonchev–Trinajstić information content (AvgIpc) is 2.78. The molecule has 0 bridgehead atoms. The molecule has 84 valence electrons. The van der Waals surface area contributed by atoms with E-state index in [1.165, 1.54) is 17.5 Å². The zero-order valence-corrected chi connectivity index (χ0v) is 10.9. The van der Waals surface area contributed by atoms with Crippen LogP contribution in [0.3, 0.4) is 0 Å². The minimum atomic E-state index is -0.368. The Bertz CT molecular complexity index is 488. The molecule has 3 nitrogen and oxygen atoms in total. The van der Waals surface area contributed by atoms with Crippen LogP contribution in [0.15, 0.2) is 18.5 Å². The maximum atomic E-state index is 13.4. The lowest BCUT2D eigenvalue weighted by Crippen LogP contribution is -1.85.